The average Bonchev–Trinajstić information content (AvgIpc) is 2.66. The second kappa shape index (κ2) is 11.7. The van der Waals surface area contributed by atoms with Crippen molar-refractivity contribution in [2.45, 2.75) is 12.6 Å². The lowest BCUT2D eigenvalue weighted by Crippen LogP contribution is -2.47. The first-order valence-corrected chi connectivity index (χ1v) is 10.6. The summed E-state index contributed by atoms with van der Waals surface area (Å²) in [5.74, 6) is 2.62. The summed E-state index contributed by atoms with van der Waals surface area (Å²) < 4.78 is 11.3. The molecule has 1 aliphatic rings. The van der Waals surface area contributed by atoms with Crippen LogP contribution in [0, 0.1) is 0 Å². The van der Waals surface area contributed by atoms with E-state index in [0.717, 1.165) is 62.1 Å². The van der Waals surface area contributed by atoms with Gasteiger partial charge in [-0.3, -0.25) is 4.90 Å². The second-order valence-electron chi connectivity index (χ2n) is 6.71. The van der Waals surface area contributed by atoms with Gasteiger partial charge in [0.25, 0.3) is 0 Å². The number of aliphatic hydroxyl groups is 1. The molecule has 1 saturated heterocycles. The van der Waals surface area contributed by atoms with Gasteiger partial charge in [-0.05, 0) is 19.4 Å². The Labute approximate surface area is 161 Å². The van der Waals surface area contributed by atoms with Crippen molar-refractivity contribution in [2.75, 3.05) is 72.0 Å². The fraction of sp³-hybridized carbons (Fsp3) is 0.684. The molecule has 0 saturated carbocycles. The van der Waals surface area contributed by atoms with Crippen LogP contribution in [0.5, 0.6) is 11.5 Å². The number of methoxy groups -OCH3 is 1. The monoisotopic (exact) mass is 383 g/mol. The van der Waals surface area contributed by atoms with E-state index in [9.17, 15) is 5.11 Å². The number of hydrogen-bond donors (Lipinski definition) is 2. The van der Waals surface area contributed by atoms with E-state index in [1.165, 1.54) is 0 Å². The van der Waals surface area contributed by atoms with Crippen molar-refractivity contribution in [1.82, 2.24) is 15.1 Å². The van der Waals surface area contributed by atoms with Crippen LogP contribution in [0.4, 0.5) is 0 Å². The highest BCUT2D eigenvalue weighted by atomic mass is 32.2. The summed E-state index contributed by atoms with van der Waals surface area (Å²) in [7, 11) is 3.78. The normalized spacial score (nSPS) is 17.2. The number of β-amino-alcohol motifs (C(OH)–C–C–N with tert-alkyl or cyclic N) is 1. The van der Waals surface area contributed by atoms with Crippen LogP contribution >= 0.6 is 11.8 Å². The summed E-state index contributed by atoms with van der Waals surface area (Å²) in [5.41, 5.74) is 1.08. The van der Waals surface area contributed by atoms with Crippen LogP contribution < -0.4 is 14.8 Å². The van der Waals surface area contributed by atoms with Gasteiger partial charge in [-0.2, -0.15) is 11.8 Å². The van der Waals surface area contributed by atoms with Crippen LogP contribution in [-0.4, -0.2) is 93.1 Å². The highest BCUT2D eigenvalue weighted by molar-refractivity contribution is 7.98. The lowest BCUT2D eigenvalue weighted by atomic mass is 10.2. The summed E-state index contributed by atoms with van der Waals surface area (Å²) in [6, 6.07) is 5.86. The minimum absolute atomic E-state index is 0.289. The molecule has 1 heterocycles. The average molecular weight is 384 g/mol. The van der Waals surface area contributed by atoms with Gasteiger partial charge in [0.15, 0.2) is 0 Å². The standard InChI is InChI=1S/C19H33N3O3S/c1-21-7-9-22(10-8-21)14-17(23)15-25-19-12-18(24-2)5-4-16(19)13-20-6-11-26-3/h4-5,12,17,20,23H,6-11,13-15H2,1-3H3. The number of ether oxygens (including phenoxy) is 2. The molecular formula is C19H33N3O3S. The second-order valence-corrected chi connectivity index (χ2v) is 7.70. The van der Waals surface area contributed by atoms with Crippen LogP contribution in [0.15, 0.2) is 18.2 Å². The molecule has 7 heteroatoms. The molecule has 2 N–H and O–H groups in total. The van der Waals surface area contributed by atoms with Crippen molar-refractivity contribution in [3.05, 3.63) is 23.8 Å². The van der Waals surface area contributed by atoms with E-state index in [-0.39, 0.29) is 6.61 Å². The van der Waals surface area contributed by atoms with E-state index in [1.807, 2.05) is 30.0 Å². The SMILES string of the molecule is COc1ccc(CNCCSC)c(OCC(O)CN2CCN(C)CC2)c1. The van der Waals surface area contributed by atoms with Crippen molar-refractivity contribution in [1.29, 1.82) is 0 Å². The Morgan fingerprint density at radius 1 is 1.27 bits per heavy atom. The van der Waals surface area contributed by atoms with Crippen LogP contribution in [0.2, 0.25) is 0 Å². The van der Waals surface area contributed by atoms with Gasteiger partial charge in [0.05, 0.1) is 7.11 Å². The summed E-state index contributed by atoms with van der Waals surface area (Å²) in [5, 5.41) is 13.8. The van der Waals surface area contributed by atoms with Crippen molar-refractivity contribution >= 4 is 11.8 Å². The molecular weight excluding hydrogens is 350 g/mol. The predicted octanol–water partition coefficient (Wildman–Crippen LogP) is 1.13. The van der Waals surface area contributed by atoms with Gasteiger partial charge in [-0.25, -0.2) is 0 Å². The predicted molar refractivity (Wildman–Crippen MR) is 109 cm³/mol. The van der Waals surface area contributed by atoms with E-state index in [0.29, 0.717) is 6.54 Å². The molecule has 6 nitrogen and oxygen atoms in total. The van der Waals surface area contributed by atoms with Crippen molar-refractivity contribution < 1.29 is 14.6 Å². The number of piperazine rings is 1. The summed E-state index contributed by atoms with van der Waals surface area (Å²) >= 11 is 1.82. The Hall–Kier alpha value is -0.990. The Kier molecular flexibility index (Phi) is 9.56. The zero-order chi connectivity index (χ0) is 18.8. The van der Waals surface area contributed by atoms with Crippen LogP contribution in [0.1, 0.15) is 5.56 Å². The Balaban J connectivity index is 1.85. The number of hydrogen-bond acceptors (Lipinski definition) is 7. The van der Waals surface area contributed by atoms with Gasteiger partial charge in [0.2, 0.25) is 0 Å². The lowest BCUT2D eigenvalue weighted by molar-refractivity contribution is 0.0501. The van der Waals surface area contributed by atoms with Gasteiger partial charge in [-0.15, -0.1) is 0 Å². The minimum Gasteiger partial charge on any atom is -0.497 e. The molecule has 1 atom stereocenters. The minimum atomic E-state index is -0.498. The van der Waals surface area contributed by atoms with Crippen LogP contribution in [0.3, 0.4) is 0 Å². The molecule has 1 aromatic carbocycles. The highest BCUT2D eigenvalue weighted by Gasteiger charge is 2.18. The number of benzene rings is 1. The smallest absolute Gasteiger partial charge is 0.127 e. The van der Waals surface area contributed by atoms with Crippen molar-refractivity contribution in [3.8, 4) is 11.5 Å². The maximum atomic E-state index is 10.4. The fourth-order valence-corrected chi connectivity index (χ4v) is 3.26. The molecule has 0 spiro atoms. The lowest BCUT2D eigenvalue weighted by Gasteiger charge is -2.33. The number of likely N-dealkylation sites (N-methyl/N-ethyl adjacent to an activating group) is 1. The molecule has 2 rings (SSSR count). The molecule has 0 aromatic heterocycles. The molecule has 1 unspecified atom stereocenters. The topological polar surface area (TPSA) is 57.2 Å². The van der Waals surface area contributed by atoms with E-state index in [4.69, 9.17) is 9.47 Å². The van der Waals surface area contributed by atoms with E-state index in [2.05, 4.69) is 28.4 Å². The highest BCUT2D eigenvalue weighted by Crippen LogP contribution is 2.25. The van der Waals surface area contributed by atoms with Gasteiger partial charge in [0.1, 0.15) is 24.2 Å². The van der Waals surface area contributed by atoms with Crippen LogP contribution in [0.25, 0.3) is 0 Å². The number of rotatable bonds is 11. The van der Waals surface area contributed by atoms with Crippen LogP contribution in [-0.2, 0) is 6.54 Å². The fourth-order valence-electron chi connectivity index (χ4n) is 2.91. The molecule has 1 aromatic rings. The molecule has 26 heavy (non-hydrogen) atoms. The summed E-state index contributed by atoms with van der Waals surface area (Å²) in [6.45, 7) is 6.74. The maximum absolute atomic E-state index is 10.4. The number of nitrogens with zero attached hydrogens (tertiary/aromatic N) is 2. The molecule has 148 valence electrons. The van der Waals surface area contributed by atoms with Gasteiger partial charge >= 0.3 is 0 Å². The van der Waals surface area contributed by atoms with E-state index in [1.54, 1.807) is 7.11 Å². The van der Waals surface area contributed by atoms with Gasteiger partial charge in [0, 0.05) is 63.2 Å². The molecule has 0 aliphatic carbocycles. The largest absolute Gasteiger partial charge is 0.497 e. The first-order valence-electron chi connectivity index (χ1n) is 9.20. The number of aliphatic hydroxyl groups excluding tert-OH is 1. The van der Waals surface area contributed by atoms with E-state index < -0.39 is 6.10 Å². The number of nitrogens with one attached hydrogen (secondary N) is 1. The van der Waals surface area contributed by atoms with Gasteiger partial charge < -0.3 is 24.8 Å². The third kappa shape index (κ3) is 7.32. The summed E-state index contributed by atoms with van der Waals surface area (Å²) in [6.07, 6.45) is 1.60. The zero-order valence-electron chi connectivity index (χ0n) is 16.2. The summed E-state index contributed by atoms with van der Waals surface area (Å²) in [4.78, 5) is 4.61. The number of thioether (sulfide) groups is 1. The van der Waals surface area contributed by atoms with Crippen molar-refractivity contribution in [3.63, 3.8) is 0 Å². The molecule has 0 amide bonds. The molecule has 1 aliphatic heterocycles. The first kappa shape index (κ1) is 21.3. The Morgan fingerprint density at radius 2 is 2.04 bits per heavy atom. The quantitative estimate of drug-likeness (QED) is 0.556. The first-order chi connectivity index (χ1) is 12.6. The maximum Gasteiger partial charge on any atom is 0.127 e. The van der Waals surface area contributed by atoms with Gasteiger partial charge in [-0.1, -0.05) is 6.07 Å². The molecule has 0 bridgehead atoms. The third-order valence-corrected chi connectivity index (χ3v) is 5.18. The molecule has 1 fully saturated rings. The zero-order valence-corrected chi connectivity index (χ0v) is 17.1. The molecule has 0 radical (unpaired) electrons. The Morgan fingerprint density at radius 3 is 2.73 bits per heavy atom. The van der Waals surface area contributed by atoms with E-state index >= 15 is 0 Å². The van der Waals surface area contributed by atoms with Crippen molar-refractivity contribution in [2.24, 2.45) is 0 Å². The Bertz CT molecular complexity index is 525. The third-order valence-electron chi connectivity index (χ3n) is 4.57.